The van der Waals surface area contributed by atoms with Crippen LogP contribution in [0, 0.1) is 28.1 Å². The van der Waals surface area contributed by atoms with Crippen molar-refractivity contribution in [3.63, 3.8) is 0 Å². The van der Waals surface area contributed by atoms with Gasteiger partial charge in [-0.05, 0) is 54.8 Å². The lowest BCUT2D eigenvalue weighted by Crippen LogP contribution is -2.46. The Morgan fingerprint density at radius 1 is 1.06 bits per heavy atom. The third-order valence-electron chi connectivity index (χ3n) is 7.55. The Morgan fingerprint density at radius 2 is 1.78 bits per heavy atom. The van der Waals surface area contributed by atoms with Gasteiger partial charge in [0.05, 0.1) is 0 Å². The normalized spacial score (nSPS) is 50.8. The SMILES string of the molecule is CC1(C2CC3CCC2(C)C3(C)C)CCCCC1=O. The fourth-order valence-corrected chi connectivity index (χ4v) is 5.74. The van der Waals surface area contributed by atoms with Gasteiger partial charge in [0, 0.05) is 11.8 Å². The molecule has 0 radical (unpaired) electrons. The van der Waals surface area contributed by atoms with E-state index in [1.165, 1.54) is 25.7 Å². The summed E-state index contributed by atoms with van der Waals surface area (Å²) in [5.41, 5.74) is 0.845. The monoisotopic (exact) mass is 248 g/mol. The Hall–Kier alpha value is -0.330. The summed E-state index contributed by atoms with van der Waals surface area (Å²) in [6.07, 6.45) is 8.43. The number of carbonyl (C=O) groups is 1. The van der Waals surface area contributed by atoms with Crippen LogP contribution in [0.5, 0.6) is 0 Å². The topological polar surface area (TPSA) is 17.1 Å². The Kier molecular flexibility index (Phi) is 2.55. The van der Waals surface area contributed by atoms with Gasteiger partial charge < -0.3 is 0 Å². The van der Waals surface area contributed by atoms with E-state index in [1.54, 1.807) is 0 Å². The van der Waals surface area contributed by atoms with Crippen LogP contribution in [0.25, 0.3) is 0 Å². The first-order valence-corrected chi connectivity index (χ1v) is 7.86. The maximum Gasteiger partial charge on any atom is 0.139 e. The summed E-state index contributed by atoms with van der Waals surface area (Å²) in [6, 6.07) is 0. The number of hydrogen-bond acceptors (Lipinski definition) is 1. The third-order valence-corrected chi connectivity index (χ3v) is 7.55. The minimum absolute atomic E-state index is 0.000556. The van der Waals surface area contributed by atoms with E-state index < -0.39 is 0 Å². The predicted molar refractivity (Wildman–Crippen MR) is 74.3 cm³/mol. The first-order valence-electron chi connectivity index (χ1n) is 7.86. The molecule has 1 nitrogen and oxygen atoms in total. The van der Waals surface area contributed by atoms with Crippen LogP contribution in [-0.4, -0.2) is 5.78 Å². The highest BCUT2D eigenvalue weighted by Gasteiger charge is 2.66. The molecule has 0 aromatic heterocycles. The highest BCUT2D eigenvalue weighted by molar-refractivity contribution is 5.85. The second-order valence-electron chi connectivity index (χ2n) is 8.21. The van der Waals surface area contributed by atoms with E-state index in [1.807, 2.05) is 0 Å². The van der Waals surface area contributed by atoms with Crippen LogP contribution in [0.4, 0.5) is 0 Å². The number of ketones is 1. The van der Waals surface area contributed by atoms with E-state index >= 15 is 0 Å². The second kappa shape index (κ2) is 3.61. The Balaban J connectivity index is 1.97. The molecule has 3 fully saturated rings. The molecule has 3 aliphatic carbocycles. The number of Topliss-reactive ketones (excluding diaryl/α,β-unsaturated/α-hetero) is 1. The maximum absolute atomic E-state index is 12.5. The first kappa shape index (κ1) is 12.7. The van der Waals surface area contributed by atoms with Crippen LogP contribution < -0.4 is 0 Å². The molecule has 3 aliphatic rings. The zero-order chi connectivity index (χ0) is 13.2. The zero-order valence-corrected chi connectivity index (χ0v) is 12.5. The van der Waals surface area contributed by atoms with Crippen LogP contribution in [0.2, 0.25) is 0 Å². The van der Waals surface area contributed by atoms with Crippen molar-refractivity contribution in [3.05, 3.63) is 0 Å². The Morgan fingerprint density at radius 3 is 2.28 bits per heavy atom. The molecule has 0 saturated heterocycles. The summed E-state index contributed by atoms with van der Waals surface area (Å²) in [5.74, 6) is 2.08. The lowest BCUT2D eigenvalue weighted by molar-refractivity contribution is -0.138. The van der Waals surface area contributed by atoms with Crippen LogP contribution in [0.3, 0.4) is 0 Å². The Bertz CT molecular complexity index is 383. The highest BCUT2D eigenvalue weighted by Crippen LogP contribution is 2.72. The van der Waals surface area contributed by atoms with Gasteiger partial charge in [0.15, 0.2) is 0 Å². The molecule has 2 bridgehead atoms. The van der Waals surface area contributed by atoms with E-state index in [0.717, 1.165) is 25.2 Å². The molecule has 0 spiro atoms. The highest BCUT2D eigenvalue weighted by atomic mass is 16.1. The van der Waals surface area contributed by atoms with Crippen molar-refractivity contribution in [3.8, 4) is 0 Å². The number of rotatable bonds is 1. The van der Waals surface area contributed by atoms with E-state index in [4.69, 9.17) is 0 Å². The second-order valence-corrected chi connectivity index (χ2v) is 8.21. The molecule has 0 aromatic carbocycles. The molecule has 4 atom stereocenters. The molecule has 3 saturated carbocycles. The van der Waals surface area contributed by atoms with Crippen molar-refractivity contribution in [2.45, 2.75) is 72.6 Å². The summed E-state index contributed by atoms with van der Waals surface area (Å²) in [6.45, 7) is 9.70. The third kappa shape index (κ3) is 1.31. The molecule has 0 amide bonds. The van der Waals surface area contributed by atoms with Gasteiger partial charge >= 0.3 is 0 Å². The number of hydrogen-bond donors (Lipinski definition) is 0. The van der Waals surface area contributed by atoms with Crippen LogP contribution >= 0.6 is 0 Å². The Labute approximate surface area is 112 Å². The fourth-order valence-electron chi connectivity index (χ4n) is 5.74. The van der Waals surface area contributed by atoms with Gasteiger partial charge in [0.2, 0.25) is 0 Å². The van der Waals surface area contributed by atoms with Crippen LogP contribution in [0.15, 0.2) is 0 Å². The van der Waals surface area contributed by atoms with Gasteiger partial charge in [-0.1, -0.05) is 34.1 Å². The average molecular weight is 248 g/mol. The fraction of sp³-hybridized carbons (Fsp3) is 0.941. The van der Waals surface area contributed by atoms with E-state index in [-0.39, 0.29) is 5.41 Å². The lowest BCUT2D eigenvalue weighted by atomic mass is 9.55. The summed E-state index contributed by atoms with van der Waals surface area (Å²) in [4.78, 5) is 12.5. The van der Waals surface area contributed by atoms with Gasteiger partial charge in [0.25, 0.3) is 0 Å². The van der Waals surface area contributed by atoms with E-state index in [0.29, 0.717) is 22.5 Å². The summed E-state index contributed by atoms with van der Waals surface area (Å²) in [7, 11) is 0. The summed E-state index contributed by atoms with van der Waals surface area (Å²) < 4.78 is 0. The van der Waals surface area contributed by atoms with Crippen molar-refractivity contribution in [2.75, 3.05) is 0 Å². The van der Waals surface area contributed by atoms with Gasteiger partial charge in [-0.25, -0.2) is 0 Å². The molecule has 4 unspecified atom stereocenters. The van der Waals surface area contributed by atoms with E-state index in [2.05, 4.69) is 27.7 Å². The summed E-state index contributed by atoms with van der Waals surface area (Å²) >= 11 is 0. The lowest BCUT2D eigenvalue weighted by Gasteiger charge is -2.49. The standard InChI is InChI=1S/C17H28O/c1-15(2)12-8-10-17(15,4)13(11-12)16(3)9-6-5-7-14(16)18/h12-13H,5-11H2,1-4H3. The first-order chi connectivity index (χ1) is 8.32. The molecule has 0 N–H and O–H groups in total. The minimum atomic E-state index is -0.000556. The van der Waals surface area contributed by atoms with E-state index in [9.17, 15) is 4.79 Å². The van der Waals surface area contributed by atoms with Crippen molar-refractivity contribution >= 4 is 5.78 Å². The molecule has 0 aliphatic heterocycles. The van der Waals surface area contributed by atoms with Crippen molar-refractivity contribution in [1.29, 1.82) is 0 Å². The molecule has 102 valence electrons. The van der Waals surface area contributed by atoms with Crippen molar-refractivity contribution in [2.24, 2.45) is 28.1 Å². The van der Waals surface area contributed by atoms with Crippen LogP contribution in [0.1, 0.15) is 72.6 Å². The molecular formula is C17H28O. The quantitative estimate of drug-likeness (QED) is 0.663. The van der Waals surface area contributed by atoms with Crippen molar-refractivity contribution < 1.29 is 4.79 Å². The van der Waals surface area contributed by atoms with Crippen molar-refractivity contribution in [1.82, 2.24) is 0 Å². The minimum Gasteiger partial charge on any atom is -0.299 e. The smallest absolute Gasteiger partial charge is 0.139 e. The maximum atomic E-state index is 12.5. The molecule has 0 aromatic rings. The average Bonchev–Trinajstić information content (AvgIpc) is 2.65. The molecule has 3 rings (SSSR count). The largest absolute Gasteiger partial charge is 0.299 e. The van der Waals surface area contributed by atoms with Gasteiger partial charge in [0.1, 0.15) is 5.78 Å². The van der Waals surface area contributed by atoms with Gasteiger partial charge in [-0.3, -0.25) is 4.79 Å². The molecule has 1 heteroatoms. The van der Waals surface area contributed by atoms with Gasteiger partial charge in [-0.15, -0.1) is 0 Å². The number of fused-ring (bicyclic) bond motifs is 2. The molecule has 0 heterocycles. The molecular weight excluding hydrogens is 220 g/mol. The predicted octanol–water partition coefficient (Wildman–Crippen LogP) is 4.60. The summed E-state index contributed by atoms with van der Waals surface area (Å²) in [5, 5.41) is 0. The zero-order valence-electron chi connectivity index (χ0n) is 12.5. The van der Waals surface area contributed by atoms with Gasteiger partial charge in [-0.2, -0.15) is 0 Å². The molecule has 18 heavy (non-hydrogen) atoms. The number of carbonyl (C=O) groups excluding carboxylic acids is 1. The van der Waals surface area contributed by atoms with Crippen LogP contribution in [-0.2, 0) is 4.79 Å².